The molecule has 0 bridgehead atoms. The Morgan fingerprint density at radius 1 is 1.24 bits per heavy atom. The SMILES string of the molecule is C[C@@H](OC(=O)c1c(F)cccc1Cl)C(=O)Nc1ccccc1[N+](=O)[O-]. The van der Waals surface area contributed by atoms with Crippen LogP contribution in [0, 0.1) is 15.9 Å². The molecule has 0 radical (unpaired) electrons. The number of carbonyl (C=O) groups is 2. The van der Waals surface area contributed by atoms with Gasteiger partial charge < -0.3 is 10.1 Å². The first-order valence-electron chi connectivity index (χ1n) is 7.00. The molecule has 2 aromatic carbocycles. The number of nitrogens with one attached hydrogen (secondary N) is 1. The highest BCUT2D eigenvalue weighted by molar-refractivity contribution is 6.33. The molecule has 130 valence electrons. The van der Waals surface area contributed by atoms with E-state index in [-0.39, 0.29) is 16.4 Å². The van der Waals surface area contributed by atoms with Crippen LogP contribution in [-0.4, -0.2) is 22.9 Å². The minimum absolute atomic E-state index is 0.0516. The zero-order chi connectivity index (χ0) is 18.6. The maximum Gasteiger partial charge on any atom is 0.343 e. The Balaban J connectivity index is 2.11. The number of nitrogens with zero attached hydrogens (tertiary/aromatic N) is 1. The van der Waals surface area contributed by atoms with Crippen LogP contribution in [0.2, 0.25) is 5.02 Å². The highest BCUT2D eigenvalue weighted by atomic mass is 35.5. The summed E-state index contributed by atoms with van der Waals surface area (Å²) in [6, 6.07) is 9.14. The van der Waals surface area contributed by atoms with Crippen molar-refractivity contribution in [2.75, 3.05) is 5.32 Å². The molecule has 0 aliphatic rings. The topological polar surface area (TPSA) is 98.5 Å². The van der Waals surface area contributed by atoms with Crippen molar-refractivity contribution in [2.24, 2.45) is 0 Å². The van der Waals surface area contributed by atoms with Gasteiger partial charge in [-0.05, 0) is 25.1 Å². The molecule has 9 heteroatoms. The molecular weight excluding hydrogens is 355 g/mol. The van der Waals surface area contributed by atoms with E-state index >= 15 is 0 Å². The molecule has 0 aliphatic heterocycles. The Morgan fingerprint density at radius 2 is 1.92 bits per heavy atom. The molecule has 25 heavy (non-hydrogen) atoms. The summed E-state index contributed by atoms with van der Waals surface area (Å²) in [5, 5.41) is 13.1. The van der Waals surface area contributed by atoms with Gasteiger partial charge in [0, 0.05) is 6.07 Å². The van der Waals surface area contributed by atoms with Crippen molar-refractivity contribution < 1.29 is 23.6 Å². The van der Waals surface area contributed by atoms with Gasteiger partial charge in [-0.2, -0.15) is 0 Å². The van der Waals surface area contributed by atoms with Crippen LogP contribution in [0.15, 0.2) is 42.5 Å². The van der Waals surface area contributed by atoms with E-state index in [0.717, 1.165) is 6.07 Å². The van der Waals surface area contributed by atoms with Gasteiger partial charge in [-0.3, -0.25) is 14.9 Å². The van der Waals surface area contributed by atoms with Crippen LogP contribution < -0.4 is 5.32 Å². The third-order valence-corrected chi connectivity index (χ3v) is 3.49. The summed E-state index contributed by atoms with van der Waals surface area (Å²) in [7, 11) is 0. The third kappa shape index (κ3) is 4.30. The number of hydrogen-bond acceptors (Lipinski definition) is 5. The average Bonchev–Trinajstić information content (AvgIpc) is 2.54. The number of amides is 1. The predicted octanol–water partition coefficient (Wildman–Crippen LogP) is 3.57. The number of nitro groups is 1. The molecule has 1 N–H and O–H groups in total. The summed E-state index contributed by atoms with van der Waals surface area (Å²) in [5.74, 6) is -2.81. The third-order valence-electron chi connectivity index (χ3n) is 3.18. The summed E-state index contributed by atoms with van der Waals surface area (Å²) in [6.45, 7) is 1.25. The number of carbonyl (C=O) groups excluding carboxylic acids is 2. The van der Waals surface area contributed by atoms with Crippen molar-refractivity contribution in [3.05, 3.63) is 69.0 Å². The van der Waals surface area contributed by atoms with Crippen molar-refractivity contribution >= 4 is 34.9 Å². The molecule has 0 aliphatic carbocycles. The van der Waals surface area contributed by atoms with Crippen molar-refractivity contribution in [1.82, 2.24) is 0 Å². The van der Waals surface area contributed by atoms with Gasteiger partial charge in [0.2, 0.25) is 0 Å². The van der Waals surface area contributed by atoms with Crippen LogP contribution in [0.5, 0.6) is 0 Å². The van der Waals surface area contributed by atoms with Gasteiger partial charge in [0.25, 0.3) is 11.6 Å². The molecule has 0 saturated carbocycles. The molecule has 0 aromatic heterocycles. The number of rotatable bonds is 5. The van der Waals surface area contributed by atoms with Crippen LogP contribution in [0.4, 0.5) is 15.8 Å². The van der Waals surface area contributed by atoms with E-state index in [0.29, 0.717) is 0 Å². The van der Waals surface area contributed by atoms with Crippen LogP contribution in [0.3, 0.4) is 0 Å². The van der Waals surface area contributed by atoms with Crippen LogP contribution in [0.25, 0.3) is 0 Å². The van der Waals surface area contributed by atoms with Gasteiger partial charge in [0.15, 0.2) is 6.10 Å². The molecule has 0 unspecified atom stereocenters. The molecule has 0 saturated heterocycles. The summed E-state index contributed by atoms with van der Waals surface area (Å²) < 4.78 is 18.6. The Labute approximate surface area is 146 Å². The molecule has 2 rings (SSSR count). The molecule has 7 nitrogen and oxygen atoms in total. The second-order valence-electron chi connectivity index (χ2n) is 4.91. The summed E-state index contributed by atoms with van der Waals surface area (Å²) in [6.07, 6.45) is -1.33. The second kappa shape index (κ2) is 7.71. The first-order chi connectivity index (χ1) is 11.8. The highest BCUT2D eigenvalue weighted by Gasteiger charge is 2.24. The van der Waals surface area contributed by atoms with Crippen molar-refractivity contribution in [1.29, 1.82) is 0 Å². The lowest BCUT2D eigenvalue weighted by Crippen LogP contribution is -2.30. The van der Waals surface area contributed by atoms with Crippen LogP contribution in [-0.2, 0) is 9.53 Å². The molecule has 1 amide bonds. The highest BCUT2D eigenvalue weighted by Crippen LogP contribution is 2.24. The smallest absolute Gasteiger partial charge is 0.343 e. The maximum absolute atomic E-state index is 13.7. The van der Waals surface area contributed by atoms with E-state index in [4.69, 9.17) is 16.3 Å². The number of esters is 1. The van der Waals surface area contributed by atoms with E-state index < -0.39 is 34.3 Å². The quantitative estimate of drug-likeness (QED) is 0.495. The van der Waals surface area contributed by atoms with Gasteiger partial charge in [-0.25, -0.2) is 9.18 Å². The molecule has 2 aromatic rings. The lowest BCUT2D eigenvalue weighted by molar-refractivity contribution is -0.383. The Bertz CT molecular complexity index is 823. The summed E-state index contributed by atoms with van der Waals surface area (Å²) >= 11 is 5.76. The van der Waals surface area contributed by atoms with Gasteiger partial charge in [-0.15, -0.1) is 0 Å². The predicted molar refractivity (Wildman–Crippen MR) is 88.0 cm³/mol. The van der Waals surface area contributed by atoms with E-state index in [1.807, 2.05) is 0 Å². The van der Waals surface area contributed by atoms with E-state index in [9.17, 15) is 24.1 Å². The monoisotopic (exact) mass is 366 g/mol. The lowest BCUT2D eigenvalue weighted by Gasteiger charge is -2.14. The van der Waals surface area contributed by atoms with Crippen molar-refractivity contribution in [2.45, 2.75) is 13.0 Å². The number of anilines is 1. The standard InChI is InChI=1S/C16H12ClFN2O5/c1-9(25-16(22)14-10(17)5-4-6-11(14)18)15(21)19-12-7-2-3-8-13(12)20(23)24/h2-9H,1H3,(H,19,21)/t9-/m1/s1. The minimum Gasteiger partial charge on any atom is -0.449 e. The van der Waals surface area contributed by atoms with E-state index in [1.54, 1.807) is 0 Å². The number of ether oxygens (including phenoxy) is 1. The van der Waals surface area contributed by atoms with E-state index in [1.165, 1.54) is 43.3 Å². The van der Waals surface area contributed by atoms with Crippen molar-refractivity contribution in [3.63, 3.8) is 0 Å². The fraction of sp³-hybridized carbons (Fsp3) is 0.125. The van der Waals surface area contributed by atoms with Crippen LogP contribution in [0.1, 0.15) is 17.3 Å². The number of para-hydroxylation sites is 2. The Hall–Kier alpha value is -3.00. The maximum atomic E-state index is 13.7. The van der Waals surface area contributed by atoms with Gasteiger partial charge in [0.1, 0.15) is 17.1 Å². The fourth-order valence-electron chi connectivity index (χ4n) is 1.94. The summed E-state index contributed by atoms with van der Waals surface area (Å²) in [5.41, 5.74) is -0.856. The fourth-order valence-corrected chi connectivity index (χ4v) is 2.18. The normalized spacial score (nSPS) is 11.5. The van der Waals surface area contributed by atoms with Gasteiger partial charge in [-0.1, -0.05) is 29.8 Å². The lowest BCUT2D eigenvalue weighted by atomic mass is 10.2. The van der Waals surface area contributed by atoms with Gasteiger partial charge in [0.05, 0.1) is 9.95 Å². The zero-order valence-electron chi connectivity index (χ0n) is 12.9. The number of benzene rings is 2. The first kappa shape index (κ1) is 18.3. The molecule has 1 atom stereocenters. The van der Waals surface area contributed by atoms with Gasteiger partial charge >= 0.3 is 5.97 Å². The Kier molecular flexibility index (Phi) is 5.66. The number of hydrogen-bond donors (Lipinski definition) is 1. The molecular formula is C16H12ClFN2O5. The summed E-state index contributed by atoms with van der Waals surface area (Å²) in [4.78, 5) is 34.3. The minimum atomic E-state index is -1.33. The van der Waals surface area contributed by atoms with Crippen molar-refractivity contribution in [3.8, 4) is 0 Å². The molecule has 0 spiro atoms. The second-order valence-corrected chi connectivity index (χ2v) is 5.31. The van der Waals surface area contributed by atoms with E-state index in [2.05, 4.69) is 5.32 Å². The number of nitro benzene ring substituents is 1. The first-order valence-corrected chi connectivity index (χ1v) is 7.38. The molecule has 0 heterocycles. The number of halogens is 2. The Morgan fingerprint density at radius 3 is 2.56 bits per heavy atom. The average molecular weight is 367 g/mol. The zero-order valence-corrected chi connectivity index (χ0v) is 13.6. The largest absolute Gasteiger partial charge is 0.449 e. The molecule has 0 fully saturated rings. The van der Waals surface area contributed by atoms with Crippen LogP contribution >= 0.6 is 11.6 Å².